The highest BCUT2D eigenvalue weighted by molar-refractivity contribution is 14.0. The van der Waals surface area contributed by atoms with Gasteiger partial charge >= 0.3 is 0 Å². The number of nitrogens with one attached hydrogen (secondary N) is 3. The molecule has 1 aromatic heterocycles. The van der Waals surface area contributed by atoms with Crippen molar-refractivity contribution in [1.82, 2.24) is 15.6 Å². The van der Waals surface area contributed by atoms with Crippen LogP contribution >= 0.6 is 24.0 Å². The minimum Gasteiger partial charge on any atom is -0.357 e. The topological polar surface area (TPSA) is 78.4 Å². The van der Waals surface area contributed by atoms with Gasteiger partial charge in [-0.15, -0.1) is 24.0 Å². The molecule has 7 heteroatoms. The monoisotopic (exact) mass is 433 g/mol. The fraction of sp³-hybridized carbons (Fsp3) is 0.562. The fourth-order valence-electron chi connectivity index (χ4n) is 1.68. The maximum absolute atomic E-state index is 11.9. The maximum Gasteiger partial charge on any atom is 0.227 e. The standard InChI is InChI=1S/C16H27N5O.HI/c1-6-17-15(21-16(3,4)5)18-10-9-14(22)20-13-8-7-12(2)11-19-13;/h7-8,11H,6,9-10H2,1-5H3,(H2,17,18,21)(H,19,20,22);1H. The van der Waals surface area contributed by atoms with Gasteiger partial charge in [-0.25, -0.2) is 4.98 Å². The van der Waals surface area contributed by atoms with Crippen LogP contribution in [0.25, 0.3) is 0 Å². The molecule has 0 bridgehead atoms. The van der Waals surface area contributed by atoms with Crippen molar-refractivity contribution in [3.63, 3.8) is 0 Å². The van der Waals surface area contributed by atoms with Crippen molar-refractivity contribution < 1.29 is 4.79 Å². The number of aromatic nitrogens is 1. The summed E-state index contributed by atoms with van der Waals surface area (Å²) in [4.78, 5) is 20.4. The summed E-state index contributed by atoms with van der Waals surface area (Å²) in [5.74, 6) is 1.20. The number of carbonyl (C=O) groups excluding carboxylic acids is 1. The van der Waals surface area contributed by atoms with Crippen LogP contribution in [0.15, 0.2) is 23.3 Å². The first-order valence-electron chi connectivity index (χ1n) is 7.59. The Balaban J connectivity index is 0.00000484. The first-order valence-corrected chi connectivity index (χ1v) is 7.59. The molecule has 0 atom stereocenters. The first kappa shape index (κ1) is 21.6. The lowest BCUT2D eigenvalue weighted by atomic mass is 10.1. The number of carbonyl (C=O) groups is 1. The van der Waals surface area contributed by atoms with Crippen molar-refractivity contribution in [3.05, 3.63) is 23.9 Å². The van der Waals surface area contributed by atoms with Gasteiger partial charge in [-0.3, -0.25) is 9.79 Å². The van der Waals surface area contributed by atoms with E-state index in [4.69, 9.17) is 0 Å². The molecule has 6 nitrogen and oxygen atoms in total. The predicted octanol–water partition coefficient (Wildman–Crippen LogP) is 2.69. The molecule has 1 heterocycles. The Bertz CT molecular complexity index is 508. The van der Waals surface area contributed by atoms with E-state index in [-0.39, 0.29) is 35.4 Å². The van der Waals surface area contributed by atoms with Crippen molar-refractivity contribution in [1.29, 1.82) is 0 Å². The van der Waals surface area contributed by atoms with Crippen molar-refractivity contribution in [2.45, 2.75) is 46.6 Å². The van der Waals surface area contributed by atoms with Crippen LogP contribution in [-0.4, -0.2) is 35.5 Å². The molecular weight excluding hydrogens is 405 g/mol. The van der Waals surface area contributed by atoms with Gasteiger partial charge in [0.25, 0.3) is 0 Å². The number of hydrogen-bond acceptors (Lipinski definition) is 3. The summed E-state index contributed by atoms with van der Waals surface area (Å²) in [6.07, 6.45) is 2.04. The molecule has 1 rings (SSSR count). The van der Waals surface area contributed by atoms with Crippen LogP contribution in [0.2, 0.25) is 0 Å². The fourth-order valence-corrected chi connectivity index (χ4v) is 1.68. The zero-order valence-electron chi connectivity index (χ0n) is 14.6. The average molecular weight is 433 g/mol. The number of anilines is 1. The van der Waals surface area contributed by atoms with E-state index in [9.17, 15) is 4.79 Å². The van der Waals surface area contributed by atoms with Gasteiger partial charge in [-0.2, -0.15) is 0 Å². The molecule has 0 unspecified atom stereocenters. The zero-order valence-corrected chi connectivity index (χ0v) is 16.9. The van der Waals surface area contributed by atoms with Crippen molar-refractivity contribution in [2.75, 3.05) is 18.4 Å². The quantitative estimate of drug-likeness (QED) is 0.379. The normalized spacial score (nSPS) is 11.4. The molecule has 0 spiro atoms. The molecule has 0 saturated carbocycles. The van der Waals surface area contributed by atoms with Gasteiger partial charge in [-0.1, -0.05) is 6.07 Å². The maximum atomic E-state index is 11.9. The third-order valence-electron chi connectivity index (χ3n) is 2.63. The van der Waals surface area contributed by atoms with Crippen molar-refractivity contribution in [2.24, 2.45) is 4.99 Å². The number of halogens is 1. The van der Waals surface area contributed by atoms with Gasteiger partial charge < -0.3 is 16.0 Å². The van der Waals surface area contributed by atoms with Crippen molar-refractivity contribution >= 4 is 41.7 Å². The summed E-state index contributed by atoms with van der Waals surface area (Å²) in [6.45, 7) is 11.4. The van der Waals surface area contributed by atoms with Crippen LogP contribution in [0.3, 0.4) is 0 Å². The SMILES string of the molecule is CCNC(=NCCC(=O)Nc1ccc(C)cn1)NC(C)(C)C.I. The van der Waals surface area contributed by atoms with Gasteiger partial charge in [0.05, 0.1) is 6.54 Å². The van der Waals surface area contributed by atoms with Gasteiger partial charge in [0.2, 0.25) is 5.91 Å². The Kier molecular flexibility index (Phi) is 9.78. The number of aryl methyl sites for hydroxylation is 1. The highest BCUT2D eigenvalue weighted by Gasteiger charge is 2.11. The summed E-state index contributed by atoms with van der Waals surface area (Å²) in [5.41, 5.74) is 0.987. The highest BCUT2D eigenvalue weighted by atomic mass is 127. The van der Waals surface area contributed by atoms with E-state index in [0.29, 0.717) is 18.8 Å². The molecule has 1 amide bonds. The van der Waals surface area contributed by atoms with Crippen LogP contribution in [0.4, 0.5) is 5.82 Å². The molecule has 23 heavy (non-hydrogen) atoms. The number of rotatable bonds is 5. The van der Waals surface area contributed by atoms with Gasteiger partial charge in [0.15, 0.2) is 5.96 Å². The number of guanidine groups is 1. The lowest BCUT2D eigenvalue weighted by molar-refractivity contribution is -0.116. The number of hydrogen-bond donors (Lipinski definition) is 3. The van der Waals surface area contributed by atoms with Crippen molar-refractivity contribution in [3.8, 4) is 0 Å². The van der Waals surface area contributed by atoms with Crippen LogP contribution < -0.4 is 16.0 Å². The second-order valence-corrected chi connectivity index (χ2v) is 6.15. The third-order valence-corrected chi connectivity index (χ3v) is 2.63. The van der Waals surface area contributed by atoms with Crippen LogP contribution in [-0.2, 0) is 4.79 Å². The summed E-state index contributed by atoms with van der Waals surface area (Å²) >= 11 is 0. The predicted molar refractivity (Wildman–Crippen MR) is 107 cm³/mol. The molecule has 0 fully saturated rings. The number of nitrogens with zero attached hydrogens (tertiary/aromatic N) is 2. The number of amides is 1. The van der Waals surface area contributed by atoms with E-state index in [1.165, 1.54) is 0 Å². The number of aliphatic imine (C=N–C) groups is 1. The molecule has 3 N–H and O–H groups in total. The summed E-state index contributed by atoms with van der Waals surface area (Å²) in [5, 5.41) is 9.21. The van der Waals surface area contributed by atoms with Gasteiger partial charge in [0.1, 0.15) is 5.82 Å². The van der Waals surface area contributed by atoms with E-state index >= 15 is 0 Å². The molecule has 0 radical (unpaired) electrons. The Hall–Kier alpha value is -1.38. The molecule has 0 aromatic carbocycles. The summed E-state index contributed by atoms with van der Waals surface area (Å²) in [6, 6.07) is 3.71. The Morgan fingerprint density at radius 3 is 2.52 bits per heavy atom. The Labute approximate surface area is 156 Å². The molecule has 0 aliphatic heterocycles. The van der Waals surface area contributed by atoms with E-state index in [1.54, 1.807) is 12.3 Å². The molecule has 0 saturated heterocycles. The minimum atomic E-state index is -0.0910. The van der Waals surface area contributed by atoms with E-state index in [0.717, 1.165) is 18.1 Å². The van der Waals surface area contributed by atoms with E-state index < -0.39 is 0 Å². The average Bonchev–Trinajstić information content (AvgIpc) is 2.40. The molecule has 130 valence electrons. The van der Waals surface area contributed by atoms with E-state index in [2.05, 4.69) is 46.7 Å². The molecular formula is C16H28IN5O. The third kappa shape index (κ3) is 10.1. The molecule has 1 aromatic rings. The largest absolute Gasteiger partial charge is 0.357 e. The zero-order chi connectivity index (χ0) is 16.6. The van der Waals surface area contributed by atoms with Crippen LogP contribution in [0.5, 0.6) is 0 Å². The molecule has 0 aliphatic rings. The minimum absolute atomic E-state index is 0. The van der Waals surface area contributed by atoms with Gasteiger partial charge in [0, 0.05) is 24.7 Å². The first-order chi connectivity index (χ1) is 10.3. The Morgan fingerprint density at radius 1 is 1.30 bits per heavy atom. The lowest BCUT2D eigenvalue weighted by Gasteiger charge is -2.23. The Morgan fingerprint density at radius 2 is 2.00 bits per heavy atom. The van der Waals surface area contributed by atoms with Crippen LogP contribution in [0.1, 0.15) is 39.7 Å². The number of pyridine rings is 1. The lowest BCUT2D eigenvalue weighted by Crippen LogP contribution is -2.47. The molecule has 0 aliphatic carbocycles. The summed E-state index contributed by atoms with van der Waals surface area (Å²) in [7, 11) is 0. The van der Waals surface area contributed by atoms with Crippen LogP contribution in [0, 0.1) is 6.92 Å². The highest BCUT2D eigenvalue weighted by Crippen LogP contribution is 2.04. The second-order valence-electron chi connectivity index (χ2n) is 6.15. The van der Waals surface area contributed by atoms with E-state index in [1.807, 2.05) is 19.9 Å². The van der Waals surface area contributed by atoms with Gasteiger partial charge in [-0.05, 0) is 46.2 Å². The summed E-state index contributed by atoms with van der Waals surface area (Å²) < 4.78 is 0. The second kappa shape index (κ2) is 10.4. The smallest absolute Gasteiger partial charge is 0.227 e.